The van der Waals surface area contributed by atoms with Crippen molar-refractivity contribution in [2.24, 2.45) is 0 Å². The zero-order valence-electron chi connectivity index (χ0n) is 9.80. The van der Waals surface area contributed by atoms with E-state index in [0.29, 0.717) is 12.2 Å². The molecule has 0 heterocycles. The molecule has 0 aliphatic heterocycles. The van der Waals surface area contributed by atoms with Crippen LogP contribution in [0, 0.1) is 0 Å². The van der Waals surface area contributed by atoms with Crippen molar-refractivity contribution in [1.82, 2.24) is 0 Å². The number of allylic oxidation sites excluding steroid dienone is 9. The molecule has 0 aromatic heterocycles. The van der Waals surface area contributed by atoms with Crippen molar-refractivity contribution in [2.45, 2.75) is 18.9 Å². The lowest BCUT2D eigenvalue weighted by molar-refractivity contribution is 0.164. The quantitative estimate of drug-likeness (QED) is 0.724. The van der Waals surface area contributed by atoms with Crippen LogP contribution in [-0.4, -0.2) is 15.8 Å². The molecular formula is C15H16O2. The van der Waals surface area contributed by atoms with Gasteiger partial charge < -0.3 is 10.2 Å². The predicted molar refractivity (Wildman–Crippen MR) is 69.5 cm³/mol. The van der Waals surface area contributed by atoms with Gasteiger partial charge in [-0.3, -0.25) is 0 Å². The number of rotatable bonds is 1. The first-order valence-corrected chi connectivity index (χ1v) is 5.65. The second-order valence-electron chi connectivity index (χ2n) is 4.43. The third kappa shape index (κ3) is 3.08. The third-order valence-electron chi connectivity index (χ3n) is 2.72. The van der Waals surface area contributed by atoms with E-state index < -0.39 is 5.60 Å². The first kappa shape index (κ1) is 11.7. The van der Waals surface area contributed by atoms with Crippen molar-refractivity contribution in [3.63, 3.8) is 0 Å². The molecule has 88 valence electrons. The van der Waals surface area contributed by atoms with Gasteiger partial charge in [0.05, 0.1) is 11.4 Å². The first-order valence-electron chi connectivity index (χ1n) is 5.65. The van der Waals surface area contributed by atoms with Crippen molar-refractivity contribution >= 4 is 0 Å². The highest BCUT2D eigenvalue weighted by Gasteiger charge is 2.13. The zero-order chi connectivity index (χ0) is 12.3. The molecule has 2 aliphatic rings. The van der Waals surface area contributed by atoms with Crippen LogP contribution < -0.4 is 0 Å². The Kier molecular flexibility index (Phi) is 3.16. The third-order valence-corrected chi connectivity index (χ3v) is 2.72. The highest BCUT2D eigenvalue weighted by Crippen LogP contribution is 2.22. The molecule has 1 unspecified atom stereocenters. The molecule has 0 radical (unpaired) electrons. The topological polar surface area (TPSA) is 40.5 Å². The van der Waals surface area contributed by atoms with E-state index in [9.17, 15) is 10.2 Å². The van der Waals surface area contributed by atoms with Gasteiger partial charge in [-0.15, -0.1) is 0 Å². The van der Waals surface area contributed by atoms with Crippen molar-refractivity contribution in [1.29, 1.82) is 0 Å². The molecule has 0 fully saturated rings. The Labute approximate surface area is 101 Å². The normalized spacial score (nSPS) is 28.0. The molecule has 2 aliphatic carbocycles. The van der Waals surface area contributed by atoms with Crippen molar-refractivity contribution in [3.8, 4) is 0 Å². The Bertz CT molecular complexity index is 483. The molecule has 0 saturated heterocycles. The SMILES string of the molecule is CC1(O)C=CC=C(C2=CC=C(O)CC=C2)C=C1. The Hall–Kier alpha value is -1.80. The minimum absolute atomic E-state index is 0.358. The van der Waals surface area contributed by atoms with E-state index in [1.165, 1.54) is 0 Å². The van der Waals surface area contributed by atoms with Crippen LogP contribution in [0.15, 0.2) is 71.6 Å². The Morgan fingerprint density at radius 2 is 1.82 bits per heavy atom. The van der Waals surface area contributed by atoms with Gasteiger partial charge in [-0.1, -0.05) is 36.5 Å². The maximum Gasteiger partial charge on any atom is 0.0986 e. The standard InChI is InChI=1S/C15H16O2/c1-15(17)10-3-5-13(9-11-15)12-4-2-6-14(16)8-7-12/h2-5,7-11,16-17H,6H2,1H3. The number of hydrogen-bond acceptors (Lipinski definition) is 2. The Balaban J connectivity index is 2.31. The van der Waals surface area contributed by atoms with Crippen LogP contribution in [0.1, 0.15) is 13.3 Å². The van der Waals surface area contributed by atoms with Gasteiger partial charge in [0.1, 0.15) is 0 Å². The van der Waals surface area contributed by atoms with Crippen LogP contribution >= 0.6 is 0 Å². The number of hydrogen-bond donors (Lipinski definition) is 2. The predicted octanol–water partition coefficient (Wildman–Crippen LogP) is 3.12. The molecular weight excluding hydrogens is 212 g/mol. The smallest absolute Gasteiger partial charge is 0.0986 e. The van der Waals surface area contributed by atoms with E-state index >= 15 is 0 Å². The fourth-order valence-corrected chi connectivity index (χ4v) is 1.72. The first-order chi connectivity index (χ1) is 8.07. The van der Waals surface area contributed by atoms with Gasteiger partial charge in [-0.25, -0.2) is 0 Å². The Morgan fingerprint density at radius 1 is 1.06 bits per heavy atom. The highest BCUT2D eigenvalue weighted by molar-refractivity contribution is 5.52. The summed E-state index contributed by atoms with van der Waals surface area (Å²) in [6.45, 7) is 1.74. The van der Waals surface area contributed by atoms with Gasteiger partial charge >= 0.3 is 0 Å². The molecule has 2 rings (SSSR count). The average molecular weight is 228 g/mol. The van der Waals surface area contributed by atoms with Crippen LogP contribution in [0.3, 0.4) is 0 Å². The van der Waals surface area contributed by atoms with E-state index in [1.54, 1.807) is 25.2 Å². The minimum Gasteiger partial charge on any atom is -0.512 e. The van der Waals surface area contributed by atoms with Gasteiger partial charge in [-0.2, -0.15) is 0 Å². The van der Waals surface area contributed by atoms with Crippen LogP contribution in [0.4, 0.5) is 0 Å². The average Bonchev–Trinajstić information content (AvgIpc) is 2.57. The van der Waals surface area contributed by atoms with Gasteiger partial charge in [0.15, 0.2) is 0 Å². The van der Waals surface area contributed by atoms with Gasteiger partial charge in [0.2, 0.25) is 0 Å². The molecule has 2 nitrogen and oxygen atoms in total. The van der Waals surface area contributed by atoms with Crippen LogP contribution in [0.25, 0.3) is 0 Å². The van der Waals surface area contributed by atoms with Crippen LogP contribution in [0.2, 0.25) is 0 Å². The lowest BCUT2D eigenvalue weighted by Gasteiger charge is -2.11. The van der Waals surface area contributed by atoms with Crippen LogP contribution in [-0.2, 0) is 0 Å². The largest absolute Gasteiger partial charge is 0.512 e. The molecule has 0 amide bonds. The molecule has 17 heavy (non-hydrogen) atoms. The van der Waals surface area contributed by atoms with Crippen molar-refractivity contribution in [2.75, 3.05) is 0 Å². The fraction of sp³-hybridized carbons (Fsp3) is 0.200. The fourth-order valence-electron chi connectivity index (χ4n) is 1.72. The maximum absolute atomic E-state index is 9.87. The molecule has 0 saturated carbocycles. The number of aliphatic hydroxyl groups is 2. The zero-order valence-corrected chi connectivity index (χ0v) is 9.80. The molecule has 0 bridgehead atoms. The second kappa shape index (κ2) is 4.60. The summed E-state index contributed by atoms with van der Waals surface area (Å²) in [6.07, 6.45) is 17.2. The lowest BCUT2D eigenvalue weighted by atomic mass is 10.0. The summed E-state index contributed by atoms with van der Waals surface area (Å²) in [4.78, 5) is 0. The molecule has 0 aromatic carbocycles. The van der Waals surface area contributed by atoms with Gasteiger partial charge in [0.25, 0.3) is 0 Å². The summed E-state index contributed by atoms with van der Waals surface area (Å²) in [6, 6.07) is 0. The van der Waals surface area contributed by atoms with E-state index in [0.717, 1.165) is 11.1 Å². The summed E-state index contributed by atoms with van der Waals surface area (Å²) in [5, 5.41) is 19.3. The van der Waals surface area contributed by atoms with Crippen LogP contribution in [0.5, 0.6) is 0 Å². The van der Waals surface area contributed by atoms with E-state index in [1.807, 2.05) is 36.5 Å². The second-order valence-corrected chi connectivity index (χ2v) is 4.43. The van der Waals surface area contributed by atoms with Gasteiger partial charge in [0, 0.05) is 6.42 Å². The molecule has 2 heteroatoms. The summed E-state index contributed by atoms with van der Waals surface area (Å²) in [5.41, 5.74) is 1.14. The summed E-state index contributed by atoms with van der Waals surface area (Å²) < 4.78 is 0. The highest BCUT2D eigenvalue weighted by atomic mass is 16.3. The minimum atomic E-state index is -0.898. The summed E-state index contributed by atoms with van der Waals surface area (Å²) in [5.74, 6) is 0.358. The van der Waals surface area contributed by atoms with Crippen molar-refractivity contribution < 1.29 is 10.2 Å². The molecule has 1 atom stereocenters. The molecule has 2 N–H and O–H groups in total. The monoisotopic (exact) mass is 228 g/mol. The maximum atomic E-state index is 9.87. The summed E-state index contributed by atoms with van der Waals surface area (Å²) >= 11 is 0. The van der Waals surface area contributed by atoms with E-state index in [2.05, 4.69) is 0 Å². The summed E-state index contributed by atoms with van der Waals surface area (Å²) in [7, 11) is 0. The number of aliphatic hydroxyl groups excluding tert-OH is 1. The van der Waals surface area contributed by atoms with E-state index in [4.69, 9.17) is 0 Å². The van der Waals surface area contributed by atoms with Gasteiger partial charge in [-0.05, 0) is 36.3 Å². The Morgan fingerprint density at radius 3 is 2.65 bits per heavy atom. The molecule has 0 spiro atoms. The molecule has 0 aromatic rings. The van der Waals surface area contributed by atoms with E-state index in [-0.39, 0.29) is 0 Å². The van der Waals surface area contributed by atoms with Crippen molar-refractivity contribution in [3.05, 3.63) is 71.6 Å². The lowest BCUT2D eigenvalue weighted by Crippen LogP contribution is -2.15.